The van der Waals surface area contributed by atoms with Gasteiger partial charge in [-0.3, -0.25) is 13.7 Å². The maximum absolute atomic E-state index is 11.8. The van der Waals surface area contributed by atoms with E-state index in [0.717, 1.165) is 7.11 Å². The summed E-state index contributed by atoms with van der Waals surface area (Å²) in [6.07, 6.45) is -0.338. The second-order valence-corrected chi connectivity index (χ2v) is 7.38. The molecule has 0 aliphatic heterocycles. The molecular formula is C6H18N2O7P2. The van der Waals surface area contributed by atoms with E-state index >= 15 is 0 Å². The van der Waals surface area contributed by atoms with Gasteiger partial charge < -0.3 is 30.9 Å². The zero-order valence-corrected chi connectivity index (χ0v) is 11.1. The third-order valence-electron chi connectivity index (χ3n) is 2.18. The van der Waals surface area contributed by atoms with E-state index in [1.165, 1.54) is 0 Å². The zero-order valence-electron chi connectivity index (χ0n) is 9.35. The molecule has 0 aliphatic rings. The highest BCUT2D eigenvalue weighted by Crippen LogP contribution is 2.73. The molecule has 0 aromatic carbocycles. The third kappa shape index (κ3) is 3.57. The van der Waals surface area contributed by atoms with E-state index in [0.29, 0.717) is 0 Å². The second-order valence-electron chi connectivity index (χ2n) is 3.20. The fourth-order valence-corrected chi connectivity index (χ4v) is 4.57. The Morgan fingerprint density at radius 2 is 1.76 bits per heavy atom. The van der Waals surface area contributed by atoms with Gasteiger partial charge in [-0.2, -0.15) is 0 Å². The molecule has 2 unspecified atom stereocenters. The lowest BCUT2D eigenvalue weighted by Gasteiger charge is -2.34. The normalized spacial score (nSPS) is 19.6. The van der Waals surface area contributed by atoms with Crippen LogP contribution in [0, 0.1) is 0 Å². The van der Waals surface area contributed by atoms with Crippen LogP contribution in [0.4, 0.5) is 0 Å². The molecule has 104 valence electrons. The molecular weight excluding hydrogens is 274 g/mol. The predicted molar refractivity (Wildman–Crippen MR) is 60.0 cm³/mol. The molecule has 0 saturated heterocycles. The maximum Gasteiger partial charge on any atom is 0.373 e. The molecule has 0 aliphatic carbocycles. The fourth-order valence-electron chi connectivity index (χ4n) is 1.32. The van der Waals surface area contributed by atoms with E-state index < -0.39 is 33.4 Å². The Morgan fingerprint density at radius 1 is 1.24 bits per heavy atom. The lowest BCUT2D eigenvalue weighted by Crippen LogP contribution is -2.33. The minimum Gasteiger partial charge on any atom is -0.355 e. The summed E-state index contributed by atoms with van der Waals surface area (Å²) in [6.45, 7) is -0.588. The Balaban J connectivity index is 5.49. The molecule has 11 heteroatoms. The summed E-state index contributed by atoms with van der Waals surface area (Å²) in [5, 5.41) is -2.63. The topological polar surface area (TPSA) is 165 Å². The van der Waals surface area contributed by atoms with E-state index in [1.54, 1.807) is 0 Å². The van der Waals surface area contributed by atoms with Crippen LogP contribution in [0.5, 0.6) is 0 Å². The Kier molecular flexibility index (Phi) is 6.44. The number of nitrogens with two attached hydrogens (primary N) is 2. The third-order valence-corrected chi connectivity index (χ3v) is 6.82. The van der Waals surface area contributed by atoms with Gasteiger partial charge in [0, 0.05) is 13.5 Å². The van der Waals surface area contributed by atoms with Gasteiger partial charge in [-0.05, 0) is 13.0 Å². The van der Waals surface area contributed by atoms with Crippen molar-refractivity contribution in [2.75, 3.05) is 20.4 Å². The van der Waals surface area contributed by atoms with Crippen molar-refractivity contribution < 1.29 is 33.1 Å². The molecule has 9 nitrogen and oxygen atoms in total. The Hall–Kier alpha value is 0.180. The van der Waals surface area contributed by atoms with Crippen molar-refractivity contribution in [2.24, 2.45) is 11.5 Å². The molecule has 0 bridgehead atoms. The van der Waals surface area contributed by atoms with Gasteiger partial charge in [0.2, 0.25) is 0 Å². The SMILES string of the molecule is COC(CCCN)(P(=O)(O)O)P(=O)(O)OCN. The largest absolute Gasteiger partial charge is 0.373 e. The molecule has 0 heterocycles. The monoisotopic (exact) mass is 292 g/mol. The number of rotatable bonds is 8. The van der Waals surface area contributed by atoms with Crippen molar-refractivity contribution in [1.82, 2.24) is 0 Å². The van der Waals surface area contributed by atoms with Crippen LogP contribution < -0.4 is 11.5 Å². The van der Waals surface area contributed by atoms with Gasteiger partial charge in [0.25, 0.3) is 5.08 Å². The molecule has 0 spiro atoms. The van der Waals surface area contributed by atoms with Crippen molar-refractivity contribution in [3.8, 4) is 0 Å². The first-order valence-corrected chi connectivity index (χ1v) is 7.86. The Morgan fingerprint density at radius 3 is 2.06 bits per heavy atom. The fraction of sp³-hybridized carbons (Fsp3) is 1.00. The summed E-state index contributed by atoms with van der Waals surface area (Å²) in [7, 11) is -8.89. The van der Waals surface area contributed by atoms with Crippen LogP contribution in [-0.2, 0) is 18.4 Å². The second kappa shape index (κ2) is 6.38. The van der Waals surface area contributed by atoms with Gasteiger partial charge in [0.15, 0.2) is 0 Å². The average molecular weight is 292 g/mol. The van der Waals surface area contributed by atoms with Crippen LogP contribution in [0.2, 0.25) is 0 Å². The highest BCUT2D eigenvalue weighted by molar-refractivity contribution is 7.72. The van der Waals surface area contributed by atoms with Gasteiger partial charge in [-0.1, -0.05) is 0 Å². The molecule has 0 rings (SSSR count). The molecule has 17 heavy (non-hydrogen) atoms. The van der Waals surface area contributed by atoms with Crippen LogP contribution in [0.25, 0.3) is 0 Å². The maximum atomic E-state index is 11.8. The summed E-state index contributed by atoms with van der Waals surface area (Å²) in [5.74, 6) is 0. The predicted octanol–water partition coefficient (Wildman–Crippen LogP) is -0.679. The molecule has 0 aromatic heterocycles. The minimum atomic E-state index is -5.06. The van der Waals surface area contributed by atoms with Gasteiger partial charge in [-0.25, -0.2) is 0 Å². The van der Waals surface area contributed by atoms with E-state index in [4.69, 9.17) is 11.5 Å². The zero-order chi connectivity index (χ0) is 13.7. The van der Waals surface area contributed by atoms with Crippen molar-refractivity contribution in [3.63, 3.8) is 0 Å². The van der Waals surface area contributed by atoms with E-state index in [9.17, 15) is 23.8 Å². The van der Waals surface area contributed by atoms with Crippen LogP contribution in [-0.4, -0.2) is 40.1 Å². The lowest BCUT2D eigenvalue weighted by atomic mass is 10.3. The van der Waals surface area contributed by atoms with E-state index in [-0.39, 0.29) is 13.0 Å². The summed E-state index contributed by atoms with van der Waals surface area (Å²) >= 11 is 0. The summed E-state index contributed by atoms with van der Waals surface area (Å²) in [5.41, 5.74) is 10.2. The first-order chi connectivity index (χ1) is 7.68. The van der Waals surface area contributed by atoms with E-state index in [2.05, 4.69) is 9.26 Å². The quantitative estimate of drug-likeness (QED) is 0.288. The van der Waals surface area contributed by atoms with Crippen LogP contribution in [0.15, 0.2) is 0 Å². The minimum absolute atomic E-state index is 0.0771. The first kappa shape index (κ1) is 17.2. The molecule has 0 radical (unpaired) electrons. The molecule has 0 saturated carbocycles. The smallest absolute Gasteiger partial charge is 0.355 e. The van der Waals surface area contributed by atoms with Crippen molar-refractivity contribution in [2.45, 2.75) is 17.9 Å². The van der Waals surface area contributed by atoms with E-state index in [1.807, 2.05) is 0 Å². The molecule has 2 atom stereocenters. The Bertz CT molecular complexity index is 332. The summed E-state index contributed by atoms with van der Waals surface area (Å²) in [4.78, 5) is 28.0. The summed E-state index contributed by atoms with van der Waals surface area (Å²) < 4.78 is 32.2. The van der Waals surface area contributed by atoms with Crippen LogP contribution >= 0.6 is 15.2 Å². The molecule has 0 amide bonds. The van der Waals surface area contributed by atoms with Gasteiger partial charge in [0.1, 0.15) is 6.73 Å². The standard InChI is InChI=1S/C6H18N2O7P2/c1-14-6(3-2-4-7,16(9,10)11)17(12,13)15-5-8/h2-5,7-8H2,1H3,(H,12,13)(H2,9,10,11). The number of hydrogen-bond acceptors (Lipinski definition) is 6. The number of hydrogen-bond donors (Lipinski definition) is 5. The Labute approximate surface area is 98.8 Å². The van der Waals surface area contributed by atoms with Crippen molar-refractivity contribution >= 4 is 15.2 Å². The van der Waals surface area contributed by atoms with Crippen molar-refractivity contribution in [3.05, 3.63) is 0 Å². The average Bonchev–Trinajstić information content (AvgIpc) is 2.16. The highest BCUT2D eigenvalue weighted by Gasteiger charge is 2.62. The van der Waals surface area contributed by atoms with Crippen LogP contribution in [0.1, 0.15) is 12.8 Å². The molecule has 0 aromatic rings. The highest BCUT2D eigenvalue weighted by atomic mass is 31.2. The van der Waals surface area contributed by atoms with Crippen molar-refractivity contribution in [1.29, 1.82) is 0 Å². The van der Waals surface area contributed by atoms with Gasteiger partial charge in [-0.15, -0.1) is 0 Å². The van der Waals surface area contributed by atoms with Gasteiger partial charge in [0.05, 0.1) is 0 Å². The number of ether oxygens (including phenoxy) is 1. The number of methoxy groups -OCH3 is 1. The molecule has 0 fully saturated rings. The first-order valence-electron chi connectivity index (χ1n) is 4.67. The lowest BCUT2D eigenvalue weighted by molar-refractivity contribution is 0.0621. The van der Waals surface area contributed by atoms with Crippen LogP contribution in [0.3, 0.4) is 0 Å². The summed E-state index contributed by atoms with van der Waals surface area (Å²) in [6, 6.07) is 0. The van der Waals surface area contributed by atoms with Gasteiger partial charge >= 0.3 is 15.2 Å². The molecule has 7 N–H and O–H groups in total.